The summed E-state index contributed by atoms with van der Waals surface area (Å²) in [5, 5.41) is 15.2. The molecule has 0 radical (unpaired) electrons. The number of benzene rings is 1. The summed E-state index contributed by atoms with van der Waals surface area (Å²) >= 11 is 0. The van der Waals surface area contributed by atoms with Crippen LogP contribution in [0.15, 0.2) is 12.1 Å². The van der Waals surface area contributed by atoms with Gasteiger partial charge in [0.25, 0.3) is 0 Å². The molecule has 1 fully saturated rings. The van der Waals surface area contributed by atoms with Gasteiger partial charge in [0.15, 0.2) is 0 Å². The molecule has 1 aromatic carbocycles. The van der Waals surface area contributed by atoms with Crippen LogP contribution in [0.5, 0.6) is 0 Å². The number of amides is 2. The van der Waals surface area contributed by atoms with Gasteiger partial charge in [-0.3, -0.25) is 9.59 Å². The van der Waals surface area contributed by atoms with E-state index < -0.39 is 11.8 Å². The maximum absolute atomic E-state index is 12.1. The molecule has 1 aliphatic rings. The fourth-order valence-electron chi connectivity index (χ4n) is 3.28. The fraction of sp³-hybridized carbons (Fsp3) is 0.556. The zero-order chi connectivity index (χ0) is 17.0. The largest absolute Gasteiger partial charge is 0.393 e. The third-order valence-corrected chi connectivity index (χ3v) is 4.52. The van der Waals surface area contributed by atoms with Crippen molar-refractivity contribution in [1.29, 1.82) is 0 Å². The molecule has 5 heteroatoms. The highest BCUT2D eigenvalue weighted by molar-refractivity contribution is 6.39. The second-order valence-corrected chi connectivity index (χ2v) is 6.55. The van der Waals surface area contributed by atoms with Gasteiger partial charge in [-0.15, -0.1) is 0 Å². The van der Waals surface area contributed by atoms with E-state index in [-0.39, 0.29) is 12.0 Å². The molecule has 0 heterocycles. The van der Waals surface area contributed by atoms with Crippen molar-refractivity contribution in [3.63, 3.8) is 0 Å². The predicted molar refractivity (Wildman–Crippen MR) is 90.3 cm³/mol. The molecule has 1 saturated carbocycles. The molecule has 0 spiro atoms. The minimum atomic E-state index is -0.662. The molecule has 126 valence electrons. The van der Waals surface area contributed by atoms with Crippen molar-refractivity contribution < 1.29 is 14.7 Å². The highest BCUT2D eigenvalue weighted by Gasteiger charge is 2.24. The molecule has 0 aromatic heterocycles. The average molecular weight is 318 g/mol. The monoisotopic (exact) mass is 318 g/mol. The van der Waals surface area contributed by atoms with Gasteiger partial charge in [-0.2, -0.15) is 0 Å². The third-order valence-electron chi connectivity index (χ3n) is 4.52. The maximum Gasteiger partial charge on any atom is 0.313 e. The average Bonchev–Trinajstić information content (AvgIpc) is 2.49. The number of rotatable bonds is 3. The molecule has 0 unspecified atom stereocenters. The number of hydrogen-bond acceptors (Lipinski definition) is 3. The molecule has 1 aromatic rings. The second kappa shape index (κ2) is 7.59. The molecule has 2 atom stereocenters. The molecule has 1 aliphatic carbocycles. The van der Waals surface area contributed by atoms with Crippen LogP contribution in [0.4, 0.5) is 5.69 Å². The molecule has 23 heavy (non-hydrogen) atoms. The van der Waals surface area contributed by atoms with Gasteiger partial charge in [-0.1, -0.05) is 30.5 Å². The summed E-state index contributed by atoms with van der Waals surface area (Å²) in [6.45, 7) is 6.16. The quantitative estimate of drug-likeness (QED) is 0.748. The number of aliphatic hydroxyl groups is 1. The van der Waals surface area contributed by atoms with E-state index in [0.29, 0.717) is 12.2 Å². The first-order chi connectivity index (χ1) is 10.9. The number of carbonyl (C=O) groups is 2. The van der Waals surface area contributed by atoms with Crippen LogP contribution in [0.3, 0.4) is 0 Å². The SMILES string of the molecule is Cc1cc(C)c(NC(=O)C(=O)NC[C@@H]2CCCC[C@H]2O)c(C)c1. The molecular weight excluding hydrogens is 292 g/mol. The van der Waals surface area contributed by atoms with Gasteiger partial charge < -0.3 is 15.7 Å². The van der Waals surface area contributed by atoms with Crippen molar-refractivity contribution in [3.05, 3.63) is 28.8 Å². The molecule has 0 bridgehead atoms. The Hall–Kier alpha value is -1.88. The number of hydrogen-bond donors (Lipinski definition) is 3. The minimum Gasteiger partial charge on any atom is -0.393 e. The van der Waals surface area contributed by atoms with E-state index in [9.17, 15) is 14.7 Å². The number of nitrogens with one attached hydrogen (secondary N) is 2. The Bertz CT molecular complexity index is 575. The molecule has 2 rings (SSSR count). The number of anilines is 1. The molecule has 5 nitrogen and oxygen atoms in total. The molecule has 0 saturated heterocycles. The molecule has 0 aliphatic heterocycles. The van der Waals surface area contributed by atoms with Crippen LogP contribution < -0.4 is 10.6 Å². The Kier molecular flexibility index (Phi) is 5.77. The molecule has 2 amide bonds. The fourth-order valence-corrected chi connectivity index (χ4v) is 3.28. The predicted octanol–water partition coefficient (Wildman–Crippen LogP) is 2.22. The Balaban J connectivity index is 1.91. The summed E-state index contributed by atoms with van der Waals surface area (Å²) < 4.78 is 0. The normalized spacial score (nSPS) is 20.9. The second-order valence-electron chi connectivity index (χ2n) is 6.55. The number of aliphatic hydroxyl groups excluding tert-OH is 1. The van der Waals surface area contributed by atoms with Gasteiger partial charge in [0, 0.05) is 18.2 Å². The summed E-state index contributed by atoms with van der Waals surface area (Å²) in [4.78, 5) is 24.1. The Morgan fingerprint density at radius 2 is 1.70 bits per heavy atom. The minimum absolute atomic E-state index is 0.0448. The smallest absolute Gasteiger partial charge is 0.313 e. The lowest BCUT2D eigenvalue weighted by Crippen LogP contribution is -2.41. The van der Waals surface area contributed by atoms with Crippen LogP contribution in [0.2, 0.25) is 0 Å². The summed E-state index contributed by atoms with van der Waals surface area (Å²) in [7, 11) is 0. The Morgan fingerprint density at radius 1 is 1.09 bits per heavy atom. The van der Waals surface area contributed by atoms with Gasteiger partial charge in [-0.05, 0) is 44.7 Å². The Morgan fingerprint density at radius 3 is 2.30 bits per heavy atom. The van der Waals surface area contributed by atoms with Gasteiger partial charge in [-0.25, -0.2) is 0 Å². The lowest BCUT2D eigenvalue weighted by molar-refractivity contribution is -0.136. The van der Waals surface area contributed by atoms with Crippen LogP contribution in [0, 0.1) is 26.7 Å². The highest BCUT2D eigenvalue weighted by Crippen LogP contribution is 2.24. The zero-order valence-corrected chi connectivity index (χ0v) is 14.1. The van der Waals surface area contributed by atoms with Gasteiger partial charge in [0.1, 0.15) is 0 Å². The molecule has 3 N–H and O–H groups in total. The zero-order valence-electron chi connectivity index (χ0n) is 14.1. The van der Waals surface area contributed by atoms with E-state index in [1.54, 1.807) is 0 Å². The van der Waals surface area contributed by atoms with E-state index in [2.05, 4.69) is 10.6 Å². The van der Waals surface area contributed by atoms with Crippen LogP contribution in [-0.4, -0.2) is 29.6 Å². The lowest BCUT2D eigenvalue weighted by atomic mass is 9.86. The standard InChI is InChI=1S/C18H26N2O3/c1-11-8-12(2)16(13(3)9-11)20-18(23)17(22)19-10-14-6-4-5-7-15(14)21/h8-9,14-15,21H,4-7,10H2,1-3H3,(H,19,22)(H,20,23)/t14-,15+/m0/s1. The van der Waals surface area contributed by atoms with E-state index in [1.807, 2.05) is 32.9 Å². The van der Waals surface area contributed by atoms with Gasteiger partial charge >= 0.3 is 11.8 Å². The van der Waals surface area contributed by atoms with Crippen molar-refractivity contribution >= 4 is 17.5 Å². The first-order valence-electron chi connectivity index (χ1n) is 8.23. The summed E-state index contributed by atoms with van der Waals surface area (Å²) in [5.41, 5.74) is 3.68. The van der Waals surface area contributed by atoms with E-state index >= 15 is 0 Å². The van der Waals surface area contributed by atoms with Crippen LogP contribution in [0.25, 0.3) is 0 Å². The van der Waals surface area contributed by atoms with Crippen molar-refractivity contribution in [1.82, 2.24) is 5.32 Å². The van der Waals surface area contributed by atoms with Crippen LogP contribution in [0.1, 0.15) is 42.4 Å². The van der Waals surface area contributed by atoms with Crippen molar-refractivity contribution in [2.45, 2.75) is 52.6 Å². The van der Waals surface area contributed by atoms with Crippen molar-refractivity contribution in [3.8, 4) is 0 Å². The highest BCUT2D eigenvalue weighted by atomic mass is 16.3. The van der Waals surface area contributed by atoms with Gasteiger partial charge in [0.05, 0.1) is 6.10 Å². The Labute approximate surface area is 137 Å². The number of aryl methyl sites for hydroxylation is 3. The summed E-state index contributed by atoms with van der Waals surface area (Å²) in [5.74, 6) is -1.27. The topological polar surface area (TPSA) is 78.4 Å². The van der Waals surface area contributed by atoms with Crippen molar-refractivity contribution in [2.75, 3.05) is 11.9 Å². The maximum atomic E-state index is 12.1. The first-order valence-corrected chi connectivity index (χ1v) is 8.23. The van der Waals surface area contributed by atoms with E-state index in [0.717, 1.165) is 42.4 Å². The van der Waals surface area contributed by atoms with Gasteiger partial charge in [0.2, 0.25) is 0 Å². The number of carbonyl (C=O) groups excluding carboxylic acids is 2. The van der Waals surface area contributed by atoms with Crippen LogP contribution in [-0.2, 0) is 9.59 Å². The molecular formula is C18H26N2O3. The van der Waals surface area contributed by atoms with E-state index in [1.165, 1.54) is 0 Å². The first kappa shape index (κ1) is 17.5. The lowest BCUT2D eigenvalue weighted by Gasteiger charge is -2.27. The van der Waals surface area contributed by atoms with Crippen molar-refractivity contribution in [2.24, 2.45) is 5.92 Å². The van der Waals surface area contributed by atoms with Crippen LogP contribution >= 0.6 is 0 Å². The summed E-state index contributed by atoms with van der Waals surface area (Å²) in [6, 6.07) is 3.94. The summed E-state index contributed by atoms with van der Waals surface area (Å²) in [6.07, 6.45) is 3.37. The third kappa shape index (κ3) is 4.55. The van der Waals surface area contributed by atoms with E-state index in [4.69, 9.17) is 0 Å².